The van der Waals surface area contributed by atoms with E-state index in [2.05, 4.69) is 15.2 Å². The minimum atomic E-state index is -0.0823. The molecular weight excluding hydrogens is 311 g/mol. The van der Waals surface area contributed by atoms with E-state index in [-0.39, 0.29) is 36.8 Å². The fourth-order valence-electron chi connectivity index (χ4n) is 2.17. The average Bonchev–Trinajstić information content (AvgIpc) is 2.92. The Morgan fingerprint density at radius 2 is 2.05 bits per heavy atom. The van der Waals surface area contributed by atoms with E-state index in [4.69, 9.17) is 5.73 Å². The number of nitrogens with two attached hydrogens (primary N) is 1. The summed E-state index contributed by atoms with van der Waals surface area (Å²) in [7, 11) is 0. The summed E-state index contributed by atoms with van der Waals surface area (Å²) in [5.41, 5.74) is 6.24. The molecular formula is C14H24Cl2N4O. The lowest BCUT2D eigenvalue weighted by atomic mass is 10.2. The van der Waals surface area contributed by atoms with Crippen molar-refractivity contribution in [2.24, 2.45) is 5.73 Å². The van der Waals surface area contributed by atoms with E-state index < -0.39 is 0 Å². The summed E-state index contributed by atoms with van der Waals surface area (Å²) in [5, 5.41) is 2.85. The van der Waals surface area contributed by atoms with Gasteiger partial charge in [-0.05, 0) is 38.3 Å². The molecule has 2 heterocycles. The molecule has 1 aliphatic heterocycles. The number of nitrogens with zero attached hydrogens (tertiary/aromatic N) is 2. The number of anilines is 1. The van der Waals surface area contributed by atoms with Gasteiger partial charge in [0.25, 0.3) is 5.91 Å². The standard InChI is InChI=1S/C14H22N4O.2ClH/c1-11(15)6-7-16-14(19)12-4-5-13(17-10-12)18-8-2-3-9-18;;/h4-5,10-11H,2-3,6-9,15H2,1H3,(H,16,19);2*1H. The maximum absolute atomic E-state index is 11.9. The molecule has 1 atom stereocenters. The number of rotatable bonds is 5. The third-order valence-electron chi connectivity index (χ3n) is 3.33. The molecule has 1 unspecified atom stereocenters. The molecule has 0 spiro atoms. The summed E-state index contributed by atoms with van der Waals surface area (Å²) in [5.74, 6) is 0.880. The predicted molar refractivity (Wildman–Crippen MR) is 90.8 cm³/mol. The van der Waals surface area contributed by atoms with E-state index in [0.29, 0.717) is 12.1 Å². The summed E-state index contributed by atoms with van der Waals surface area (Å²) in [6.07, 6.45) is 4.88. The molecule has 1 saturated heterocycles. The number of carbonyl (C=O) groups excluding carboxylic acids is 1. The Labute approximate surface area is 138 Å². The SMILES string of the molecule is CC(N)CCNC(=O)c1ccc(N2CCCC2)nc1.Cl.Cl. The first kappa shape index (κ1) is 20.0. The van der Waals surface area contributed by atoms with E-state index in [9.17, 15) is 4.79 Å². The second kappa shape index (κ2) is 9.82. The van der Waals surface area contributed by atoms with Gasteiger partial charge in [-0.1, -0.05) is 0 Å². The molecule has 1 amide bonds. The number of pyridine rings is 1. The van der Waals surface area contributed by atoms with Crippen LogP contribution in [0.3, 0.4) is 0 Å². The van der Waals surface area contributed by atoms with Gasteiger partial charge in [0, 0.05) is 31.9 Å². The van der Waals surface area contributed by atoms with E-state index in [1.54, 1.807) is 6.20 Å². The number of hydrogen-bond acceptors (Lipinski definition) is 4. The number of carbonyl (C=O) groups is 1. The largest absolute Gasteiger partial charge is 0.357 e. The smallest absolute Gasteiger partial charge is 0.252 e. The van der Waals surface area contributed by atoms with Crippen molar-refractivity contribution in [1.29, 1.82) is 0 Å². The third-order valence-corrected chi connectivity index (χ3v) is 3.33. The predicted octanol–water partition coefficient (Wildman–Crippen LogP) is 1.99. The summed E-state index contributed by atoms with van der Waals surface area (Å²) >= 11 is 0. The number of nitrogens with one attached hydrogen (secondary N) is 1. The second-order valence-electron chi connectivity index (χ2n) is 5.12. The Balaban J connectivity index is 0.00000200. The van der Waals surface area contributed by atoms with Crippen molar-refractivity contribution in [2.75, 3.05) is 24.5 Å². The van der Waals surface area contributed by atoms with Gasteiger partial charge in [0.05, 0.1) is 5.56 Å². The van der Waals surface area contributed by atoms with Crippen molar-refractivity contribution in [1.82, 2.24) is 10.3 Å². The lowest BCUT2D eigenvalue weighted by molar-refractivity contribution is 0.0952. The fraction of sp³-hybridized carbons (Fsp3) is 0.571. The molecule has 120 valence electrons. The van der Waals surface area contributed by atoms with Crippen molar-refractivity contribution in [3.05, 3.63) is 23.9 Å². The van der Waals surface area contributed by atoms with Crippen molar-refractivity contribution in [2.45, 2.75) is 32.2 Å². The molecule has 1 fully saturated rings. The average molecular weight is 335 g/mol. The van der Waals surface area contributed by atoms with Crippen LogP contribution in [0.15, 0.2) is 18.3 Å². The first-order chi connectivity index (χ1) is 9.16. The Morgan fingerprint density at radius 3 is 2.57 bits per heavy atom. The molecule has 0 aliphatic carbocycles. The molecule has 0 bridgehead atoms. The number of amides is 1. The fourth-order valence-corrected chi connectivity index (χ4v) is 2.17. The summed E-state index contributed by atoms with van der Waals surface area (Å²) < 4.78 is 0. The maximum atomic E-state index is 11.9. The molecule has 0 radical (unpaired) electrons. The van der Waals surface area contributed by atoms with Crippen LogP contribution in [0.4, 0.5) is 5.82 Å². The summed E-state index contributed by atoms with van der Waals surface area (Å²) in [4.78, 5) is 18.5. The molecule has 0 saturated carbocycles. The zero-order valence-electron chi connectivity index (χ0n) is 12.2. The third kappa shape index (κ3) is 6.08. The van der Waals surface area contributed by atoms with Crippen molar-refractivity contribution in [3.63, 3.8) is 0 Å². The van der Waals surface area contributed by atoms with Crippen LogP contribution in [0.1, 0.15) is 36.5 Å². The number of aromatic nitrogens is 1. The van der Waals surface area contributed by atoms with Gasteiger partial charge in [0.1, 0.15) is 5.82 Å². The molecule has 5 nitrogen and oxygen atoms in total. The monoisotopic (exact) mass is 334 g/mol. The maximum Gasteiger partial charge on any atom is 0.252 e. The Bertz CT molecular complexity index is 419. The van der Waals surface area contributed by atoms with E-state index in [1.807, 2.05) is 19.1 Å². The molecule has 1 aliphatic rings. The van der Waals surface area contributed by atoms with Gasteiger partial charge in [-0.25, -0.2) is 4.98 Å². The molecule has 0 aromatic carbocycles. The van der Waals surface area contributed by atoms with E-state index in [1.165, 1.54) is 12.8 Å². The van der Waals surface area contributed by atoms with Crippen LogP contribution >= 0.6 is 24.8 Å². The minimum absolute atomic E-state index is 0. The number of halogens is 2. The zero-order valence-corrected chi connectivity index (χ0v) is 13.9. The van der Waals surface area contributed by atoms with Crippen LogP contribution in [0.25, 0.3) is 0 Å². The van der Waals surface area contributed by atoms with Crippen LogP contribution in [0, 0.1) is 0 Å². The van der Waals surface area contributed by atoms with Gasteiger partial charge in [0.15, 0.2) is 0 Å². The highest BCUT2D eigenvalue weighted by atomic mass is 35.5. The lowest BCUT2D eigenvalue weighted by Gasteiger charge is -2.16. The molecule has 1 aromatic heterocycles. The highest BCUT2D eigenvalue weighted by Crippen LogP contribution is 2.17. The van der Waals surface area contributed by atoms with Gasteiger partial charge < -0.3 is 16.0 Å². The first-order valence-corrected chi connectivity index (χ1v) is 6.91. The van der Waals surface area contributed by atoms with Crippen LogP contribution < -0.4 is 16.0 Å². The quantitative estimate of drug-likeness (QED) is 0.863. The van der Waals surface area contributed by atoms with E-state index in [0.717, 1.165) is 25.3 Å². The minimum Gasteiger partial charge on any atom is -0.357 e. The molecule has 1 aromatic rings. The van der Waals surface area contributed by atoms with Gasteiger partial charge in [-0.15, -0.1) is 24.8 Å². The van der Waals surface area contributed by atoms with Crippen molar-refractivity contribution < 1.29 is 4.79 Å². The molecule has 7 heteroatoms. The normalized spacial score (nSPS) is 14.9. The van der Waals surface area contributed by atoms with Crippen LogP contribution in [0.5, 0.6) is 0 Å². The van der Waals surface area contributed by atoms with E-state index >= 15 is 0 Å². The number of hydrogen-bond donors (Lipinski definition) is 2. The zero-order chi connectivity index (χ0) is 13.7. The molecule has 21 heavy (non-hydrogen) atoms. The Kier molecular flexibility index (Phi) is 9.33. The molecule has 2 rings (SSSR count). The van der Waals surface area contributed by atoms with Crippen LogP contribution in [-0.4, -0.2) is 36.6 Å². The van der Waals surface area contributed by atoms with Crippen molar-refractivity contribution in [3.8, 4) is 0 Å². The highest BCUT2D eigenvalue weighted by Gasteiger charge is 2.14. The van der Waals surface area contributed by atoms with Gasteiger partial charge in [0.2, 0.25) is 0 Å². The Morgan fingerprint density at radius 1 is 1.38 bits per heavy atom. The van der Waals surface area contributed by atoms with Crippen molar-refractivity contribution >= 4 is 36.5 Å². The van der Waals surface area contributed by atoms with Gasteiger partial charge in [-0.2, -0.15) is 0 Å². The molecule has 3 N–H and O–H groups in total. The first-order valence-electron chi connectivity index (χ1n) is 6.91. The van der Waals surface area contributed by atoms with Crippen LogP contribution in [-0.2, 0) is 0 Å². The topological polar surface area (TPSA) is 71.2 Å². The van der Waals surface area contributed by atoms with Gasteiger partial charge in [-0.3, -0.25) is 4.79 Å². The Hall–Kier alpha value is -1.04. The summed E-state index contributed by atoms with van der Waals surface area (Å²) in [6, 6.07) is 3.86. The van der Waals surface area contributed by atoms with Crippen LogP contribution in [0.2, 0.25) is 0 Å². The highest BCUT2D eigenvalue weighted by molar-refractivity contribution is 5.94. The van der Waals surface area contributed by atoms with Gasteiger partial charge >= 0.3 is 0 Å². The second-order valence-corrected chi connectivity index (χ2v) is 5.12. The lowest BCUT2D eigenvalue weighted by Crippen LogP contribution is -2.29. The summed E-state index contributed by atoms with van der Waals surface area (Å²) in [6.45, 7) is 4.66.